The molecule has 2 aromatic rings. The molecule has 0 radical (unpaired) electrons. The van der Waals surface area contributed by atoms with Gasteiger partial charge in [0.2, 0.25) is 0 Å². The van der Waals surface area contributed by atoms with Crippen molar-refractivity contribution < 1.29 is 9.90 Å². The number of nitrogens with zero attached hydrogens (tertiary/aromatic N) is 2. The Balaban J connectivity index is 2.20. The van der Waals surface area contributed by atoms with Gasteiger partial charge in [-0.1, -0.05) is 6.07 Å². The number of imidazole rings is 1. The van der Waals surface area contributed by atoms with E-state index in [2.05, 4.69) is 26.2 Å². The molecule has 1 atom stereocenters. The van der Waals surface area contributed by atoms with Gasteiger partial charge in [-0.15, -0.1) is 0 Å². The molecular weight excluding hydrogens is 310 g/mol. The van der Waals surface area contributed by atoms with E-state index in [9.17, 15) is 9.90 Å². The van der Waals surface area contributed by atoms with Crippen LogP contribution in [-0.4, -0.2) is 33.6 Å². The van der Waals surface area contributed by atoms with Crippen molar-refractivity contribution in [2.75, 3.05) is 13.1 Å². The molecule has 0 amide bonds. The number of pyridine rings is 1. The Hall–Kier alpha value is -1.40. The van der Waals surface area contributed by atoms with Crippen LogP contribution < -0.4 is 5.32 Å². The summed E-state index contributed by atoms with van der Waals surface area (Å²) in [5.74, 6) is 0.103. The molecule has 0 bridgehead atoms. The number of nitrogens with one attached hydrogen (secondary N) is 1. The number of hydrogen-bond acceptors (Lipinski definition) is 3. The van der Waals surface area contributed by atoms with Crippen LogP contribution in [0.15, 0.2) is 22.8 Å². The van der Waals surface area contributed by atoms with Crippen LogP contribution in [0.1, 0.15) is 35.1 Å². The van der Waals surface area contributed by atoms with E-state index in [1.54, 1.807) is 6.07 Å². The van der Waals surface area contributed by atoms with Crippen LogP contribution >= 0.6 is 15.9 Å². The predicted molar refractivity (Wildman–Crippen MR) is 74.7 cm³/mol. The highest BCUT2D eigenvalue weighted by molar-refractivity contribution is 9.10. The third-order valence-electron chi connectivity index (χ3n) is 3.51. The second-order valence-electron chi connectivity index (χ2n) is 4.74. The number of aromatic nitrogens is 2. The Labute approximate surface area is 118 Å². The van der Waals surface area contributed by atoms with Gasteiger partial charge in [0.25, 0.3) is 0 Å². The minimum absolute atomic E-state index is 0.127. The Bertz CT molecular complexity index is 632. The van der Waals surface area contributed by atoms with Gasteiger partial charge in [-0.05, 0) is 47.4 Å². The molecule has 1 aliphatic rings. The lowest BCUT2D eigenvalue weighted by atomic mass is 9.99. The maximum Gasteiger partial charge on any atom is 0.356 e. The Morgan fingerprint density at radius 2 is 2.37 bits per heavy atom. The summed E-state index contributed by atoms with van der Waals surface area (Å²) in [4.78, 5) is 15.7. The van der Waals surface area contributed by atoms with E-state index < -0.39 is 5.97 Å². The molecule has 1 aliphatic heterocycles. The number of hydrogen-bond donors (Lipinski definition) is 2. The Morgan fingerprint density at radius 1 is 1.53 bits per heavy atom. The quantitative estimate of drug-likeness (QED) is 0.832. The summed E-state index contributed by atoms with van der Waals surface area (Å²) < 4.78 is 2.74. The van der Waals surface area contributed by atoms with Gasteiger partial charge in [-0.3, -0.25) is 4.40 Å². The molecular formula is C13H14BrN3O2. The van der Waals surface area contributed by atoms with E-state index in [1.165, 1.54) is 0 Å². The van der Waals surface area contributed by atoms with Gasteiger partial charge in [0, 0.05) is 12.5 Å². The summed E-state index contributed by atoms with van der Waals surface area (Å²) in [7, 11) is 0. The van der Waals surface area contributed by atoms with Crippen LogP contribution in [0.5, 0.6) is 0 Å². The molecule has 5 nitrogen and oxygen atoms in total. The van der Waals surface area contributed by atoms with Gasteiger partial charge in [-0.2, -0.15) is 0 Å². The number of halogens is 1. The minimum Gasteiger partial charge on any atom is -0.476 e. The molecule has 1 saturated heterocycles. The van der Waals surface area contributed by atoms with Crippen molar-refractivity contribution in [2.24, 2.45) is 0 Å². The third kappa shape index (κ3) is 2.15. The molecule has 0 spiro atoms. The van der Waals surface area contributed by atoms with Crippen LogP contribution in [0.4, 0.5) is 0 Å². The number of carboxylic acid groups (broad SMARTS) is 1. The summed E-state index contributed by atoms with van der Waals surface area (Å²) in [5.41, 5.74) is 0.768. The molecule has 1 unspecified atom stereocenters. The molecule has 19 heavy (non-hydrogen) atoms. The second-order valence-corrected chi connectivity index (χ2v) is 5.55. The highest BCUT2D eigenvalue weighted by Gasteiger charge is 2.25. The van der Waals surface area contributed by atoms with Crippen molar-refractivity contribution in [3.63, 3.8) is 0 Å². The van der Waals surface area contributed by atoms with Gasteiger partial charge in [0.05, 0.1) is 10.1 Å². The van der Waals surface area contributed by atoms with Gasteiger partial charge in [-0.25, -0.2) is 9.78 Å². The topological polar surface area (TPSA) is 66.6 Å². The van der Waals surface area contributed by atoms with E-state index in [0.717, 1.165) is 36.4 Å². The summed E-state index contributed by atoms with van der Waals surface area (Å²) in [6.07, 6.45) is 2.12. The first-order chi connectivity index (χ1) is 9.18. The second kappa shape index (κ2) is 4.94. The number of carbonyl (C=O) groups is 1. The van der Waals surface area contributed by atoms with Crippen molar-refractivity contribution in [3.05, 3.63) is 34.3 Å². The zero-order valence-corrected chi connectivity index (χ0v) is 11.9. The first-order valence-electron chi connectivity index (χ1n) is 6.29. The smallest absolute Gasteiger partial charge is 0.356 e. The molecule has 0 aromatic carbocycles. The van der Waals surface area contributed by atoms with Crippen LogP contribution in [0.3, 0.4) is 0 Å². The standard InChI is InChI=1S/C13H14BrN3O2/c14-10-5-1-4-9-11(13(18)19)16-12(17(9)10)8-3-2-6-15-7-8/h1,4-5,8,15H,2-3,6-7H2,(H,18,19). The average Bonchev–Trinajstić information content (AvgIpc) is 2.81. The highest BCUT2D eigenvalue weighted by atomic mass is 79.9. The fraction of sp³-hybridized carbons (Fsp3) is 0.385. The number of piperidine rings is 1. The van der Waals surface area contributed by atoms with E-state index in [-0.39, 0.29) is 11.6 Å². The molecule has 2 aromatic heterocycles. The van der Waals surface area contributed by atoms with E-state index >= 15 is 0 Å². The van der Waals surface area contributed by atoms with Crippen molar-refractivity contribution >= 4 is 27.4 Å². The zero-order valence-electron chi connectivity index (χ0n) is 10.3. The van der Waals surface area contributed by atoms with Gasteiger partial charge < -0.3 is 10.4 Å². The molecule has 3 heterocycles. The molecule has 6 heteroatoms. The summed E-state index contributed by atoms with van der Waals surface area (Å²) in [6.45, 7) is 1.87. The average molecular weight is 324 g/mol. The lowest BCUT2D eigenvalue weighted by Gasteiger charge is -2.22. The molecule has 0 aliphatic carbocycles. The summed E-state index contributed by atoms with van der Waals surface area (Å²) in [6, 6.07) is 5.53. The normalized spacial score (nSPS) is 19.7. The Kier molecular flexibility index (Phi) is 3.28. The lowest BCUT2D eigenvalue weighted by Crippen LogP contribution is -2.29. The van der Waals surface area contributed by atoms with Gasteiger partial charge in [0.15, 0.2) is 5.69 Å². The van der Waals surface area contributed by atoms with Crippen molar-refractivity contribution in [2.45, 2.75) is 18.8 Å². The minimum atomic E-state index is -0.981. The summed E-state index contributed by atoms with van der Waals surface area (Å²) in [5, 5.41) is 12.6. The predicted octanol–water partition coefficient (Wildman–Crippen LogP) is 2.26. The number of aromatic carboxylic acids is 1. The van der Waals surface area contributed by atoms with Crippen molar-refractivity contribution in [3.8, 4) is 0 Å². The van der Waals surface area contributed by atoms with E-state index in [0.29, 0.717) is 5.52 Å². The number of fused-ring (bicyclic) bond motifs is 1. The fourth-order valence-corrected chi connectivity index (χ4v) is 3.15. The van der Waals surface area contributed by atoms with Crippen LogP contribution in [-0.2, 0) is 0 Å². The SMILES string of the molecule is O=C(O)c1nc(C2CCCNC2)n2c(Br)cccc12. The fourth-order valence-electron chi connectivity index (χ4n) is 2.63. The maximum atomic E-state index is 11.3. The van der Waals surface area contributed by atoms with Gasteiger partial charge >= 0.3 is 5.97 Å². The molecule has 3 rings (SSSR count). The van der Waals surface area contributed by atoms with Gasteiger partial charge in [0.1, 0.15) is 5.82 Å². The highest BCUT2D eigenvalue weighted by Crippen LogP contribution is 2.28. The third-order valence-corrected chi connectivity index (χ3v) is 4.12. The van der Waals surface area contributed by atoms with E-state index in [4.69, 9.17) is 0 Å². The van der Waals surface area contributed by atoms with Crippen LogP contribution in [0.2, 0.25) is 0 Å². The number of rotatable bonds is 2. The summed E-state index contributed by atoms with van der Waals surface area (Å²) >= 11 is 3.49. The van der Waals surface area contributed by atoms with Crippen LogP contribution in [0, 0.1) is 0 Å². The number of carboxylic acids is 1. The largest absolute Gasteiger partial charge is 0.476 e. The lowest BCUT2D eigenvalue weighted by molar-refractivity contribution is 0.0693. The monoisotopic (exact) mass is 323 g/mol. The molecule has 2 N–H and O–H groups in total. The zero-order chi connectivity index (χ0) is 13.4. The van der Waals surface area contributed by atoms with Crippen molar-refractivity contribution in [1.29, 1.82) is 0 Å². The first kappa shape index (κ1) is 12.6. The van der Waals surface area contributed by atoms with E-state index in [1.807, 2.05) is 16.5 Å². The maximum absolute atomic E-state index is 11.3. The molecule has 0 saturated carbocycles. The van der Waals surface area contributed by atoms with Crippen LogP contribution in [0.25, 0.3) is 5.52 Å². The Morgan fingerprint density at radius 3 is 3.05 bits per heavy atom. The first-order valence-corrected chi connectivity index (χ1v) is 7.08. The van der Waals surface area contributed by atoms with Crippen molar-refractivity contribution in [1.82, 2.24) is 14.7 Å². The molecule has 1 fully saturated rings. The molecule has 100 valence electrons.